The molecule has 1 aromatic carbocycles. The lowest BCUT2D eigenvalue weighted by Crippen LogP contribution is -1.97. The summed E-state index contributed by atoms with van der Waals surface area (Å²) in [6.07, 6.45) is 3.25. The third kappa shape index (κ3) is 3.31. The molecule has 8 heteroatoms. The summed E-state index contributed by atoms with van der Waals surface area (Å²) in [5.74, 6) is 1.13. The van der Waals surface area contributed by atoms with E-state index in [1.165, 1.54) is 0 Å². The highest BCUT2D eigenvalue weighted by Gasteiger charge is 2.26. The van der Waals surface area contributed by atoms with Gasteiger partial charge in [0.05, 0.1) is 36.9 Å². The van der Waals surface area contributed by atoms with Crippen molar-refractivity contribution in [1.82, 2.24) is 14.5 Å². The Balaban J connectivity index is 1.81. The number of carbonyl (C=O) groups is 2. The quantitative estimate of drug-likeness (QED) is 0.507. The van der Waals surface area contributed by atoms with E-state index in [1.54, 1.807) is 38.8 Å². The molecule has 0 saturated carbocycles. The van der Waals surface area contributed by atoms with E-state index in [0.717, 1.165) is 17.4 Å². The second-order valence-electron chi connectivity index (χ2n) is 5.85. The zero-order valence-electron chi connectivity index (χ0n) is 14.6. The number of ketones is 1. The van der Waals surface area contributed by atoms with Gasteiger partial charge in [0.2, 0.25) is 5.12 Å². The van der Waals surface area contributed by atoms with Crippen LogP contribution in [0.2, 0.25) is 0 Å². The van der Waals surface area contributed by atoms with E-state index in [0.29, 0.717) is 33.3 Å². The van der Waals surface area contributed by atoms with Gasteiger partial charge in [-0.2, -0.15) is 0 Å². The molecule has 1 saturated heterocycles. The zero-order chi connectivity index (χ0) is 19.0. The number of allylic oxidation sites excluding steroid dienone is 1. The van der Waals surface area contributed by atoms with Crippen molar-refractivity contribution in [1.29, 1.82) is 0 Å². The lowest BCUT2D eigenvalue weighted by molar-refractivity contribution is -0.119. The summed E-state index contributed by atoms with van der Waals surface area (Å²) in [7, 11) is 3.18. The Labute approximate surface area is 159 Å². The van der Waals surface area contributed by atoms with E-state index in [2.05, 4.69) is 9.97 Å². The Hall–Kier alpha value is -3.13. The molecule has 7 nitrogen and oxygen atoms in total. The van der Waals surface area contributed by atoms with Crippen LogP contribution in [0.4, 0.5) is 0 Å². The third-order valence-corrected chi connectivity index (χ3v) is 5.05. The fourth-order valence-electron chi connectivity index (χ4n) is 2.79. The molecule has 0 N–H and O–H groups in total. The van der Waals surface area contributed by atoms with Crippen molar-refractivity contribution in [3.63, 3.8) is 0 Å². The number of pyridine rings is 1. The van der Waals surface area contributed by atoms with Crippen molar-refractivity contribution in [3.8, 4) is 17.2 Å². The van der Waals surface area contributed by atoms with Crippen LogP contribution in [0.1, 0.15) is 12.1 Å². The molecule has 1 aliphatic rings. The standard InChI is InChI=1S/C19H15N3O4S/c1-25-13-6-12(7-14(8-13)26-2)22-10-20-15-4-3-11(21-19(15)22)5-17-16(23)9-18(24)27-17/h3-8,10H,9H2,1-2H3/b17-5-. The molecule has 136 valence electrons. The summed E-state index contributed by atoms with van der Waals surface area (Å²) >= 11 is 0.964. The molecule has 2 aromatic heterocycles. The highest BCUT2D eigenvalue weighted by atomic mass is 32.2. The Bertz CT molecular complexity index is 1080. The monoisotopic (exact) mass is 381 g/mol. The first-order valence-corrected chi connectivity index (χ1v) is 8.92. The third-order valence-electron chi connectivity index (χ3n) is 4.11. The normalized spacial score (nSPS) is 15.7. The molecule has 0 unspecified atom stereocenters. The number of thioether (sulfide) groups is 1. The van der Waals surface area contributed by atoms with Crippen molar-refractivity contribution in [3.05, 3.63) is 47.3 Å². The van der Waals surface area contributed by atoms with Gasteiger partial charge in [-0.3, -0.25) is 14.2 Å². The van der Waals surface area contributed by atoms with E-state index in [-0.39, 0.29) is 17.3 Å². The number of methoxy groups -OCH3 is 2. The predicted octanol–water partition coefficient (Wildman–Crippen LogP) is 3.01. The van der Waals surface area contributed by atoms with Crippen LogP contribution in [0.3, 0.4) is 0 Å². The molecule has 0 atom stereocenters. The van der Waals surface area contributed by atoms with Crippen molar-refractivity contribution >= 4 is 39.9 Å². The van der Waals surface area contributed by atoms with E-state index in [9.17, 15) is 9.59 Å². The van der Waals surface area contributed by atoms with Crippen LogP contribution >= 0.6 is 11.8 Å². The highest BCUT2D eigenvalue weighted by Crippen LogP contribution is 2.31. The maximum absolute atomic E-state index is 11.8. The van der Waals surface area contributed by atoms with Gasteiger partial charge in [-0.15, -0.1) is 0 Å². The van der Waals surface area contributed by atoms with Crippen LogP contribution in [0.15, 0.2) is 41.6 Å². The summed E-state index contributed by atoms with van der Waals surface area (Å²) < 4.78 is 12.5. The van der Waals surface area contributed by atoms with Crippen LogP contribution in [-0.4, -0.2) is 39.7 Å². The molecular weight excluding hydrogens is 366 g/mol. The topological polar surface area (TPSA) is 83.3 Å². The van der Waals surface area contributed by atoms with Gasteiger partial charge in [-0.05, 0) is 30.0 Å². The number of ether oxygens (including phenoxy) is 2. The maximum Gasteiger partial charge on any atom is 0.201 e. The minimum absolute atomic E-state index is 0.0553. The van der Waals surface area contributed by atoms with Crippen molar-refractivity contribution in [2.75, 3.05) is 14.2 Å². The summed E-state index contributed by atoms with van der Waals surface area (Å²) in [6.45, 7) is 0. The van der Waals surface area contributed by atoms with Gasteiger partial charge in [-0.25, -0.2) is 9.97 Å². The van der Waals surface area contributed by atoms with Crippen molar-refractivity contribution in [2.24, 2.45) is 0 Å². The summed E-state index contributed by atoms with van der Waals surface area (Å²) in [5.41, 5.74) is 2.71. The van der Waals surface area contributed by atoms with Gasteiger partial charge in [0, 0.05) is 18.2 Å². The summed E-state index contributed by atoms with van der Waals surface area (Å²) in [5, 5.41) is -0.138. The van der Waals surface area contributed by atoms with Crippen LogP contribution in [-0.2, 0) is 9.59 Å². The molecule has 3 aromatic rings. The number of imidazole rings is 1. The number of hydrogen-bond donors (Lipinski definition) is 0. The smallest absolute Gasteiger partial charge is 0.201 e. The Kier molecular flexibility index (Phi) is 4.41. The number of nitrogens with zero attached hydrogens (tertiary/aromatic N) is 3. The van der Waals surface area contributed by atoms with Crippen LogP contribution < -0.4 is 9.47 Å². The second-order valence-corrected chi connectivity index (χ2v) is 6.95. The molecule has 3 heterocycles. The number of fused-ring (bicyclic) bond motifs is 1. The first-order valence-electron chi connectivity index (χ1n) is 8.10. The van der Waals surface area contributed by atoms with E-state index in [4.69, 9.17) is 9.47 Å². The maximum atomic E-state index is 11.8. The van der Waals surface area contributed by atoms with Crippen LogP contribution in [0.5, 0.6) is 11.5 Å². The average molecular weight is 381 g/mol. The number of Topliss-reactive ketones (excluding diaryl/α,β-unsaturated/α-hetero) is 1. The summed E-state index contributed by atoms with van der Waals surface area (Å²) in [4.78, 5) is 32.7. The number of rotatable bonds is 4. The first-order chi connectivity index (χ1) is 13.1. The van der Waals surface area contributed by atoms with Gasteiger partial charge in [0.25, 0.3) is 0 Å². The fraction of sp³-hybridized carbons (Fsp3) is 0.158. The fourth-order valence-corrected chi connectivity index (χ4v) is 3.60. The van der Waals surface area contributed by atoms with Crippen LogP contribution in [0.25, 0.3) is 22.9 Å². The predicted molar refractivity (Wildman–Crippen MR) is 102 cm³/mol. The average Bonchev–Trinajstić information content (AvgIpc) is 3.23. The van der Waals surface area contributed by atoms with E-state index < -0.39 is 0 Å². The number of aromatic nitrogens is 3. The summed E-state index contributed by atoms with van der Waals surface area (Å²) in [6, 6.07) is 9.09. The Morgan fingerprint density at radius 2 is 1.85 bits per heavy atom. The second kappa shape index (κ2) is 6.88. The first kappa shape index (κ1) is 17.3. The molecule has 0 radical (unpaired) electrons. The lowest BCUT2D eigenvalue weighted by Gasteiger charge is -2.09. The number of carbonyl (C=O) groups excluding carboxylic acids is 2. The number of benzene rings is 1. The molecule has 1 fully saturated rings. The molecule has 1 aliphatic heterocycles. The minimum atomic E-state index is -0.169. The van der Waals surface area contributed by atoms with E-state index >= 15 is 0 Å². The largest absolute Gasteiger partial charge is 0.497 e. The molecule has 4 rings (SSSR count). The SMILES string of the molecule is COc1cc(OC)cc(-n2cnc3ccc(/C=C4\SC(=O)CC4=O)nc32)c1. The van der Waals surface area contributed by atoms with Crippen molar-refractivity contribution < 1.29 is 19.1 Å². The molecule has 0 amide bonds. The molecular formula is C19H15N3O4S. The van der Waals surface area contributed by atoms with Gasteiger partial charge in [0.1, 0.15) is 23.3 Å². The van der Waals surface area contributed by atoms with Gasteiger partial charge < -0.3 is 9.47 Å². The molecule has 0 spiro atoms. The zero-order valence-corrected chi connectivity index (χ0v) is 15.4. The van der Waals surface area contributed by atoms with Crippen LogP contribution in [0, 0.1) is 0 Å². The van der Waals surface area contributed by atoms with Gasteiger partial charge >= 0.3 is 0 Å². The van der Waals surface area contributed by atoms with E-state index in [1.807, 2.05) is 22.8 Å². The lowest BCUT2D eigenvalue weighted by atomic mass is 10.2. The Morgan fingerprint density at radius 3 is 2.48 bits per heavy atom. The highest BCUT2D eigenvalue weighted by molar-refractivity contribution is 8.18. The van der Waals surface area contributed by atoms with Crippen molar-refractivity contribution in [2.45, 2.75) is 6.42 Å². The van der Waals surface area contributed by atoms with Gasteiger partial charge in [0.15, 0.2) is 11.4 Å². The molecule has 0 bridgehead atoms. The minimum Gasteiger partial charge on any atom is -0.497 e. The molecule has 27 heavy (non-hydrogen) atoms. The van der Waals surface area contributed by atoms with Gasteiger partial charge in [-0.1, -0.05) is 0 Å². The molecule has 0 aliphatic carbocycles. The Morgan fingerprint density at radius 1 is 1.11 bits per heavy atom. The number of hydrogen-bond acceptors (Lipinski definition) is 7.